The Labute approximate surface area is 202 Å². The van der Waals surface area contributed by atoms with Crippen molar-refractivity contribution in [2.75, 3.05) is 5.32 Å². The van der Waals surface area contributed by atoms with Gasteiger partial charge in [-0.05, 0) is 53.6 Å². The molecule has 35 heavy (non-hydrogen) atoms. The normalized spacial score (nSPS) is 12.1. The first-order chi connectivity index (χ1) is 16.7. The van der Waals surface area contributed by atoms with E-state index in [0.717, 1.165) is 4.68 Å². The van der Waals surface area contributed by atoms with E-state index in [0.29, 0.717) is 22.2 Å². The zero-order chi connectivity index (χ0) is 25.2. The molecule has 0 aliphatic rings. The number of nitrogens with zero attached hydrogens (tertiary/aromatic N) is 3. The van der Waals surface area contributed by atoms with Crippen molar-refractivity contribution in [1.82, 2.24) is 9.78 Å². The Kier molecular flexibility index (Phi) is 6.60. The van der Waals surface area contributed by atoms with Gasteiger partial charge >= 0.3 is 6.18 Å². The van der Waals surface area contributed by atoms with Crippen molar-refractivity contribution >= 4 is 23.2 Å². The zero-order valence-electron chi connectivity index (χ0n) is 17.8. The standard InChI is InChI=1S/C25H16ClF3N4O2/c26-18-9-7-16(8-10-18)23(34)17-4-2-5-19(12-17)31-24(35)21-13-22(25(27,28)29)32-33(21)20-6-1-3-15(11-20)14-30/h1-13,23,34H,(H,31,35). The second-order valence-electron chi connectivity index (χ2n) is 7.52. The number of carbonyl (C=O) groups is 1. The van der Waals surface area contributed by atoms with Crippen LogP contribution >= 0.6 is 11.6 Å². The molecule has 0 spiro atoms. The highest BCUT2D eigenvalue weighted by Crippen LogP contribution is 2.30. The molecule has 1 atom stereocenters. The van der Waals surface area contributed by atoms with Crippen LogP contribution in [-0.2, 0) is 6.18 Å². The Hall–Kier alpha value is -4.13. The van der Waals surface area contributed by atoms with Crippen LogP contribution in [0.5, 0.6) is 0 Å². The lowest BCUT2D eigenvalue weighted by atomic mass is 10.0. The molecule has 2 N–H and O–H groups in total. The summed E-state index contributed by atoms with van der Waals surface area (Å²) in [6.45, 7) is 0. The van der Waals surface area contributed by atoms with Crippen molar-refractivity contribution in [3.05, 3.63) is 112 Å². The number of amides is 1. The van der Waals surface area contributed by atoms with Gasteiger partial charge in [0, 0.05) is 16.8 Å². The van der Waals surface area contributed by atoms with E-state index in [1.54, 1.807) is 36.4 Å². The minimum absolute atomic E-state index is 0.122. The van der Waals surface area contributed by atoms with E-state index < -0.39 is 23.9 Å². The van der Waals surface area contributed by atoms with Crippen molar-refractivity contribution in [3.63, 3.8) is 0 Å². The van der Waals surface area contributed by atoms with Crippen LogP contribution in [0.4, 0.5) is 18.9 Å². The number of nitriles is 1. The molecule has 3 aromatic carbocycles. The Morgan fingerprint density at radius 2 is 1.74 bits per heavy atom. The van der Waals surface area contributed by atoms with Crippen LogP contribution in [0.15, 0.2) is 78.9 Å². The van der Waals surface area contributed by atoms with E-state index in [4.69, 9.17) is 16.9 Å². The number of aliphatic hydroxyl groups excluding tert-OH is 1. The zero-order valence-corrected chi connectivity index (χ0v) is 18.5. The van der Waals surface area contributed by atoms with Gasteiger partial charge in [0.05, 0.1) is 17.3 Å². The van der Waals surface area contributed by atoms with Gasteiger partial charge in [-0.25, -0.2) is 4.68 Å². The second-order valence-corrected chi connectivity index (χ2v) is 7.96. The van der Waals surface area contributed by atoms with Crippen LogP contribution in [0.25, 0.3) is 5.69 Å². The van der Waals surface area contributed by atoms with Crippen molar-refractivity contribution in [3.8, 4) is 11.8 Å². The summed E-state index contributed by atoms with van der Waals surface area (Å²) in [4.78, 5) is 13.0. The number of alkyl halides is 3. The van der Waals surface area contributed by atoms with E-state index >= 15 is 0 Å². The molecule has 0 bridgehead atoms. The Bertz CT molecular complexity index is 1430. The second kappa shape index (κ2) is 9.62. The first-order valence-electron chi connectivity index (χ1n) is 10.2. The van der Waals surface area contributed by atoms with Crippen molar-refractivity contribution in [2.24, 2.45) is 0 Å². The number of aliphatic hydroxyl groups is 1. The molecular formula is C25H16ClF3N4O2. The molecule has 4 aromatic rings. The first kappa shape index (κ1) is 24.0. The predicted molar refractivity (Wildman–Crippen MR) is 123 cm³/mol. The van der Waals surface area contributed by atoms with E-state index in [1.807, 2.05) is 6.07 Å². The highest BCUT2D eigenvalue weighted by molar-refractivity contribution is 6.30. The lowest BCUT2D eigenvalue weighted by molar-refractivity contribution is -0.141. The van der Waals surface area contributed by atoms with Crippen molar-refractivity contribution in [1.29, 1.82) is 5.26 Å². The number of rotatable bonds is 5. The number of anilines is 1. The molecule has 0 fully saturated rings. The summed E-state index contributed by atoms with van der Waals surface area (Å²) < 4.78 is 40.9. The lowest BCUT2D eigenvalue weighted by Gasteiger charge is -2.14. The van der Waals surface area contributed by atoms with Gasteiger partial charge in [-0.3, -0.25) is 4.79 Å². The number of hydrogen-bond donors (Lipinski definition) is 2. The molecule has 176 valence electrons. The number of aromatic nitrogens is 2. The third kappa shape index (κ3) is 5.35. The summed E-state index contributed by atoms with van der Waals surface area (Å²) in [6, 6.07) is 21.1. The summed E-state index contributed by atoms with van der Waals surface area (Å²) in [7, 11) is 0. The molecule has 0 radical (unpaired) electrons. The molecule has 1 heterocycles. The Morgan fingerprint density at radius 3 is 2.43 bits per heavy atom. The highest BCUT2D eigenvalue weighted by atomic mass is 35.5. The van der Waals surface area contributed by atoms with E-state index in [9.17, 15) is 23.1 Å². The van der Waals surface area contributed by atoms with Gasteiger partial charge in [0.1, 0.15) is 11.8 Å². The minimum Gasteiger partial charge on any atom is -0.384 e. The van der Waals surface area contributed by atoms with E-state index in [1.165, 1.54) is 36.4 Å². The fourth-order valence-corrected chi connectivity index (χ4v) is 3.53. The molecule has 10 heteroatoms. The minimum atomic E-state index is -4.78. The summed E-state index contributed by atoms with van der Waals surface area (Å²) in [6.07, 6.45) is -5.80. The summed E-state index contributed by atoms with van der Waals surface area (Å²) in [5.74, 6) is -0.853. The van der Waals surface area contributed by atoms with Crippen LogP contribution < -0.4 is 5.32 Å². The van der Waals surface area contributed by atoms with Gasteiger partial charge in [0.15, 0.2) is 5.69 Å². The Morgan fingerprint density at radius 1 is 1.03 bits per heavy atom. The fourth-order valence-electron chi connectivity index (χ4n) is 3.40. The number of carbonyl (C=O) groups excluding carboxylic acids is 1. The lowest BCUT2D eigenvalue weighted by Crippen LogP contribution is -2.17. The maximum absolute atomic E-state index is 13.4. The predicted octanol–water partition coefficient (Wildman–Crippen LogP) is 5.75. The van der Waals surface area contributed by atoms with Crippen LogP contribution in [0.1, 0.15) is 39.0 Å². The average molecular weight is 497 g/mol. The van der Waals surface area contributed by atoms with Gasteiger partial charge in [0.25, 0.3) is 5.91 Å². The van der Waals surface area contributed by atoms with Gasteiger partial charge < -0.3 is 10.4 Å². The smallest absolute Gasteiger partial charge is 0.384 e. The maximum atomic E-state index is 13.4. The largest absolute Gasteiger partial charge is 0.435 e. The average Bonchev–Trinajstić information content (AvgIpc) is 3.31. The number of halogens is 4. The van der Waals surface area contributed by atoms with Gasteiger partial charge in [-0.2, -0.15) is 23.5 Å². The highest BCUT2D eigenvalue weighted by Gasteiger charge is 2.36. The van der Waals surface area contributed by atoms with Crippen molar-refractivity contribution in [2.45, 2.75) is 12.3 Å². The maximum Gasteiger partial charge on any atom is 0.435 e. The molecule has 0 saturated heterocycles. The summed E-state index contributed by atoms with van der Waals surface area (Å²) in [5, 5.41) is 26.4. The number of nitrogens with one attached hydrogen (secondary N) is 1. The van der Waals surface area contributed by atoms with Gasteiger partial charge in [-0.1, -0.05) is 41.9 Å². The Balaban J connectivity index is 1.66. The first-order valence-corrected chi connectivity index (χ1v) is 10.6. The van der Waals surface area contributed by atoms with Gasteiger partial charge in [-0.15, -0.1) is 0 Å². The quantitative estimate of drug-likeness (QED) is 0.368. The third-order valence-corrected chi connectivity index (χ3v) is 5.35. The third-order valence-electron chi connectivity index (χ3n) is 5.10. The molecule has 1 aromatic heterocycles. The molecular weight excluding hydrogens is 481 g/mol. The molecule has 6 nitrogen and oxygen atoms in total. The molecule has 0 aliphatic heterocycles. The molecule has 4 rings (SSSR count). The van der Waals surface area contributed by atoms with E-state index in [2.05, 4.69) is 10.4 Å². The van der Waals surface area contributed by atoms with Crippen LogP contribution in [0, 0.1) is 11.3 Å². The monoisotopic (exact) mass is 496 g/mol. The summed E-state index contributed by atoms with van der Waals surface area (Å²) >= 11 is 5.88. The number of hydrogen-bond acceptors (Lipinski definition) is 4. The SMILES string of the molecule is N#Cc1cccc(-n2nc(C(F)(F)F)cc2C(=O)Nc2cccc(C(O)c3ccc(Cl)cc3)c2)c1. The van der Waals surface area contributed by atoms with Crippen molar-refractivity contribution < 1.29 is 23.1 Å². The topological polar surface area (TPSA) is 90.9 Å². The molecule has 0 saturated carbocycles. The molecule has 0 aliphatic carbocycles. The molecule has 1 amide bonds. The van der Waals surface area contributed by atoms with Gasteiger partial charge in [0.2, 0.25) is 0 Å². The fraction of sp³-hybridized carbons (Fsp3) is 0.0800. The number of benzene rings is 3. The van der Waals surface area contributed by atoms with Crippen LogP contribution in [0.3, 0.4) is 0 Å². The summed E-state index contributed by atoms with van der Waals surface area (Å²) in [5.41, 5.74) is -0.0292. The van der Waals surface area contributed by atoms with E-state index in [-0.39, 0.29) is 22.6 Å². The van der Waals surface area contributed by atoms with Crippen LogP contribution in [0.2, 0.25) is 5.02 Å². The molecule has 1 unspecified atom stereocenters. The van der Waals surface area contributed by atoms with Crippen LogP contribution in [-0.4, -0.2) is 20.8 Å².